The largest absolute Gasteiger partial charge is 0.594 e. The van der Waals surface area contributed by atoms with Crippen LogP contribution >= 0.6 is 0 Å². The maximum atomic E-state index is 13.9. The van der Waals surface area contributed by atoms with Crippen LogP contribution < -0.4 is 19.9 Å². The Morgan fingerprint density at radius 1 is 0.722 bits per heavy atom. The number of hydrogen-bond acceptors (Lipinski definition) is 8. The van der Waals surface area contributed by atoms with Crippen LogP contribution in [0.2, 0.25) is 0 Å². The molecule has 4 aromatic carbocycles. The first-order chi connectivity index (χ1) is 26.2. The third-order valence-electron chi connectivity index (χ3n) is 9.78. The molecular weight excluding hydrogens is 686 g/mol. The molecule has 0 spiro atoms. The maximum Gasteiger partial charge on any atom is 0.277 e. The molecule has 0 saturated heterocycles. The molecule has 0 bridgehead atoms. The number of carbonyl (C=O) groups excluding carboxylic acids is 3. The van der Waals surface area contributed by atoms with Crippen molar-refractivity contribution in [1.82, 2.24) is 19.6 Å². The lowest BCUT2D eigenvalue weighted by molar-refractivity contribution is -0.435. The summed E-state index contributed by atoms with van der Waals surface area (Å²) in [5.41, 5.74) is 7.86. The van der Waals surface area contributed by atoms with Gasteiger partial charge in [-0.3, -0.25) is 14.4 Å². The van der Waals surface area contributed by atoms with Crippen LogP contribution in [0.15, 0.2) is 102 Å². The number of methoxy groups -OCH3 is 1. The Labute approximate surface area is 310 Å². The lowest BCUT2D eigenvalue weighted by atomic mass is 10.0. The highest BCUT2D eigenvalue weighted by Crippen LogP contribution is 2.33. The zero-order chi connectivity index (χ0) is 37.5. The molecule has 0 aliphatic carbocycles. The average molecular weight is 722 g/mol. The third-order valence-corrected chi connectivity index (χ3v) is 9.78. The standard InChI is InChI=1S/C40H35N9O5/c1-25-4-8-30(9-5-25)47-36-34(26(2)42-47)20-22-45(39(36)51)29-12-14-32(15-13-29)49(53)43-27-6-10-28(11-7-27)46-23-21-35-37(40(46)52)48(44-38(35)41-24-50)31-16-18-33(54-3)19-17-31/h4-19,24H,20-23H2,1-3H3,(H,41,44,50)/b49-43-. The van der Waals surface area contributed by atoms with Crippen molar-refractivity contribution < 1.29 is 24.0 Å². The van der Waals surface area contributed by atoms with E-state index in [1.165, 1.54) is 4.68 Å². The fraction of sp³-hybridized carbons (Fsp3) is 0.175. The van der Waals surface area contributed by atoms with Gasteiger partial charge in [-0.05, 0) is 99.5 Å². The van der Waals surface area contributed by atoms with Crippen LogP contribution in [0.5, 0.6) is 5.75 Å². The third kappa shape index (κ3) is 6.02. The molecule has 4 heterocycles. The fourth-order valence-electron chi connectivity index (χ4n) is 6.96. The summed E-state index contributed by atoms with van der Waals surface area (Å²) in [5.74, 6) is 0.552. The molecule has 1 N–H and O–H groups in total. The summed E-state index contributed by atoms with van der Waals surface area (Å²) < 4.78 is 8.51. The van der Waals surface area contributed by atoms with Gasteiger partial charge in [0.05, 0.1) is 24.2 Å². The van der Waals surface area contributed by atoms with Crippen molar-refractivity contribution in [2.75, 3.05) is 35.3 Å². The Kier molecular flexibility index (Phi) is 8.69. The number of aryl methyl sites for hydroxylation is 2. The summed E-state index contributed by atoms with van der Waals surface area (Å²) in [4.78, 5) is 42.9. The highest BCUT2D eigenvalue weighted by Gasteiger charge is 2.34. The number of azo groups is 1. The fourth-order valence-corrected chi connectivity index (χ4v) is 6.96. The van der Waals surface area contributed by atoms with E-state index in [0.717, 1.165) is 22.5 Å². The summed E-state index contributed by atoms with van der Waals surface area (Å²) >= 11 is 0. The van der Waals surface area contributed by atoms with Gasteiger partial charge in [0, 0.05) is 52.8 Å². The topological polar surface area (TPSA) is 153 Å². The van der Waals surface area contributed by atoms with Gasteiger partial charge >= 0.3 is 0 Å². The zero-order valence-electron chi connectivity index (χ0n) is 29.8. The summed E-state index contributed by atoms with van der Waals surface area (Å²) in [6, 6.07) is 28.6. The van der Waals surface area contributed by atoms with Crippen molar-refractivity contribution in [3.63, 3.8) is 0 Å². The molecule has 0 radical (unpaired) electrons. The zero-order valence-corrected chi connectivity index (χ0v) is 29.8. The van der Waals surface area contributed by atoms with Crippen molar-refractivity contribution in [1.29, 1.82) is 0 Å². The number of carbonyl (C=O) groups is 3. The van der Waals surface area contributed by atoms with E-state index >= 15 is 0 Å². The van der Waals surface area contributed by atoms with Gasteiger partial charge in [-0.15, -0.1) is 5.10 Å². The van der Waals surface area contributed by atoms with Gasteiger partial charge in [-0.1, -0.05) is 22.6 Å². The molecule has 3 amide bonds. The van der Waals surface area contributed by atoms with E-state index in [1.54, 1.807) is 94.4 Å². The van der Waals surface area contributed by atoms with E-state index in [2.05, 4.69) is 20.6 Å². The number of benzene rings is 4. The molecule has 0 atom stereocenters. The Hall–Kier alpha value is -7.09. The Balaban J connectivity index is 0.990. The van der Waals surface area contributed by atoms with E-state index in [9.17, 15) is 19.6 Å². The quantitative estimate of drug-likeness (QED) is 0.0766. The summed E-state index contributed by atoms with van der Waals surface area (Å²) in [6.07, 6.45) is 1.67. The predicted molar refractivity (Wildman–Crippen MR) is 202 cm³/mol. The minimum absolute atomic E-state index is 0.152. The van der Waals surface area contributed by atoms with Crippen LogP contribution in [0.1, 0.15) is 43.4 Å². The van der Waals surface area contributed by atoms with Gasteiger partial charge in [0.15, 0.2) is 5.82 Å². The summed E-state index contributed by atoms with van der Waals surface area (Å²) in [5, 5.41) is 29.2. The average Bonchev–Trinajstić information content (AvgIpc) is 3.74. The SMILES string of the molecule is COc1ccc(-n2nc(NC=O)c3c2C(=O)N(c2ccc(/N=[N+](\[O-])c4ccc(N5CCc6c(C)nn(-c7ccc(C)cc7)c6C5=O)cc4)cc2)CC3)cc1. The second-order valence-corrected chi connectivity index (χ2v) is 13.0. The Morgan fingerprint density at radius 3 is 1.83 bits per heavy atom. The van der Waals surface area contributed by atoms with Gasteiger partial charge in [0.25, 0.3) is 11.8 Å². The monoisotopic (exact) mass is 721 g/mol. The first kappa shape index (κ1) is 34.0. The van der Waals surface area contributed by atoms with E-state index in [0.29, 0.717) is 94.2 Å². The molecule has 14 heteroatoms. The van der Waals surface area contributed by atoms with E-state index < -0.39 is 0 Å². The molecule has 14 nitrogen and oxygen atoms in total. The number of rotatable bonds is 9. The van der Waals surface area contributed by atoms with Gasteiger partial charge in [0.2, 0.25) is 12.1 Å². The number of nitrogens with one attached hydrogen (secondary N) is 1. The summed E-state index contributed by atoms with van der Waals surface area (Å²) in [6.45, 7) is 4.79. The number of fused-ring (bicyclic) bond motifs is 2. The van der Waals surface area contributed by atoms with Crippen LogP contribution in [0.3, 0.4) is 0 Å². The smallest absolute Gasteiger partial charge is 0.277 e. The number of aromatic nitrogens is 4. The van der Waals surface area contributed by atoms with Crippen LogP contribution in [-0.4, -0.2) is 62.8 Å². The van der Waals surface area contributed by atoms with Crippen LogP contribution in [-0.2, 0) is 17.6 Å². The van der Waals surface area contributed by atoms with Gasteiger partial charge in [-0.2, -0.15) is 5.10 Å². The van der Waals surface area contributed by atoms with Crippen molar-refractivity contribution in [2.45, 2.75) is 26.7 Å². The first-order valence-electron chi connectivity index (χ1n) is 17.4. The molecule has 270 valence electrons. The van der Waals surface area contributed by atoms with Gasteiger partial charge in [0.1, 0.15) is 22.8 Å². The van der Waals surface area contributed by atoms with Crippen molar-refractivity contribution in [3.05, 3.63) is 136 Å². The predicted octanol–water partition coefficient (Wildman–Crippen LogP) is 6.58. The molecule has 2 aliphatic rings. The Morgan fingerprint density at radius 2 is 1.24 bits per heavy atom. The number of amides is 3. The van der Waals surface area contributed by atoms with Crippen molar-refractivity contribution >= 4 is 46.8 Å². The molecule has 6 aromatic rings. The van der Waals surface area contributed by atoms with Crippen molar-refractivity contribution in [2.24, 2.45) is 5.11 Å². The van der Waals surface area contributed by atoms with E-state index in [-0.39, 0.29) is 11.8 Å². The highest BCUT2D eigenvalue weighted by atomic mass is 16.5. The number of anilines is 3. The molecule has 0 saturated carbocycles. The van der Waals surface area contributed by atoms with Gasteiger partial charge in [-0.25, -0.2) is 9.36 Å². The second kappa shape index (κ2) is 13.8. The van der Waals surface area contributed by atoms with Crippen LogP contribution in [0, 0.1) is 19.1 Å². The second-order valence-electron chi connectivity index (χ2n) is 13.0. The van der Waals surface area contributed by atoms with Crippen LogP contribution in [0.4, 0.5) is 28.6 Å². The minimum atomic E-state index is -0.285. The lowest BCUT2D eigenvalue weighted by Gasteiger charge is -2.27. The van der Waals surface area contributed by atoms with E-state index in [4.69, 9.17) is 4.74 Å². The highest BCUT2D eigenvalue weighted by molar-refractivity contribution is 6.09. The molecule has 54 heavy (non-hydrogen) atoms. The molecule has 2 aliphatic heterocycles. The van der Waals surface area contributed by atoms with Crippen molar-refractivity contribution in [3.8, 4) is 17.1 Å². The molecule has 2 aromatic heterocycles. The molecule has 0 fully saturated rings. The van der Waals surface area contributed by atoms with Gasteiger partial charge < -0.3 is 25.1 Å². The lowest BCUT2D eigenvalue weighted by Crippen LogP contribution is -2.38. The minimum Gasteiger partial charge on any atom is -0.594 e. The Bertz CT molecular complexity index is 2430. The first-order valence-corrected chi connectivity index (χ1v) is 17.4. The van der Waals surface area contributed by atoms with Crippen LogP contribution in [0.25, 0.3) is 11.4 Å². The maximum absolute atomic E-state index is 13.9. The number of nitrogens with zero attached hydrogens (tertiary/aromatic N) is 8. The number of hydrogen-bond donors (Lipinski definition) is 1. The van der Waals surface area contributed by atoms with E-state index in [1.807, 2.05) is 38.1 Å². The molecular formula is C40H35N9O5. The number of ether oxygens (including phenoxy) is 1. The normalized spacial score (nSPS) is 14.2. The molecule has 8 rings (SSSR count). The summed E-state index contributed by atoms with van der Waals surface area (Å²) in [7, 11) is 1.57. The molecule has 0 unspecified atom stereocenters.